The smallest absolute Gasteiger partial charge is 0.289 e. The van der Waals surface area contributed by atoms with Crippen molar-refractivity contribution in [3.8, 4) is 5.75 Å². The summed E-state index contributed by atoms with van der Waals surface area (Å²) in [6.07, 6.45) is 0. The number of aliphatic hydroxyl groups is 1. The van der Waals surface area contributed by atoms with Crippen molar-refractivity contribution in [3.05, 3.63) is 64.7 Å². The van der Waals surface area contributed by atoms with Gasteiger partial charge in [-0.1, -0.05) is 71.0 Å². The number of hydrogen-bond donors (Lipinski definition) is 2. The van der Waals surface area contributed by atoms with Crippen LogP contribution in [0.2, 0.25) is 0 Å². The first-order valence-corrected chi connectivity index (χ1v) is 10.0. The molecule has 2 unspecified atom stereocenters. The molecule has 156 valence electrons. The van der Waals surface area contributed by atoms with Crippen molar-refractivity contribution in [3.63, 3.8) is 0 Å². The molecule has 0 fully saturated rings. The number of carbonyl (C=O) groups excluding carboxylic acids is 3. The van der Waals surface area contributed by atoms with E-state index < -0.39 is 34.2 Å². The monoisotopic (exact) mass is 407 g/mol. The van der Waals surface area contributed by atoms with Gasteiger partial charge in [-0.3, -0.25) is 14.4 Å². The fraction of sp³-hybridized carbons (Fsp3) is 0.375. The van der Waals surface area contributed by atoms with Crippen molar-refractivity contribution >= 4 is 17.5 Å². The number of ether oxygens (including phenoxy) is 1. The molecule has 4 rings (SSSR count). The van der Waals surface area contributed by atoms with Crippen LogP contribution in [0.5, 0.6) is 5.75 Å². The van der Waals surface area contributed by atoms with Gasteiger partial charge in [0.1, 0.15) is 5.75 Å². The minimum absolute atomic E-state index is 0.199. The number of ketones is 2. The molecule has 2 N–H and O–H groups in total. The lowest BCUT2D eigenvalue weighted by Gasteiger charge is -2.34. The molecule has 0 spiro atoms. The Hall–Kier alpha value is -2.99. The van der Waals surface area contributed by atoms with E-state index in [4.69, 9.17) is 4.74 Å². The number of nitrogens with one attached hydrogen (secondary N) is 1. The lowest BCUT2D eigenvalue weighted by Crippen LogP contribution is -2.61. The van der Waals surface area contributed by atoms with E-state index in [1.165, 1.54) is 0 Å². The molecule has 0 saturated heterocycles. The zero-order valence-corrected chi connectivity index (χ0v) is 17.7. The lowest BCUT2D eigenvalue weighted by atomic mass is 9.81. The van der Waals surface area contributed by atoms with Gasteiger partial charge in [0.2, 0.25) is 17.1 Å². The molecule has 2 atom stereocenters. The Balaban J connectivity index is 1.93. The van der Waals surface area contributed by atoms with Crippen molar-refractivity contribution in [2.45, 2.75) is 51.9 Å². The summed E-state index contributed by atoms with van der Waals surface area (Å²) in [6, 6.07) is 11.9. The van der Waals surface area contributed by atoms with E-state index in [0.717, 1.165) is 5.56 Å². The first-order valence-electron chi connectivity index (χ1n) is 10.0. The van der Waals surface area contributed by atoms with Gasteiger partial charge in [-0.2, -0.15) is 0 Å². The molecule has 2 aromatic carbocycles. The molecule has 6 heteroatoms. The highest BCUT2D eigenvalue weighted by atomic mass is 16.6. The lowest BCUT2D eigenvalue weighted by molar-refractivity contribution is -0.176. The van der Waals surface area contributed by atoms with Crippen molar-refractivity contribution in [1.82, 2.24) is 5.32 Å². The van der Waals surface area contributed by atoms with Crippen LogP contribution in [0.1, 0.15) is 67.6 Å². The van der Waals surface area contributed by atoms with E-state index in [1.807, 2.05) is 19.9 Å². The Morgan fingerprint density at radius 2 is 1.73 bits per heavy atom. The minimum atomic E-state index is -2.15. The molecule has 0 bridgehead atoms. The zero-order valence-electron chi connectivity index (χ0n) is 17.7. The van der Waals surface area contributed by atoms with Crippen LogP contribution >= 0.6 is 0 Å². The van der Waals surface area contributed by atoms with Crippen LogP contribution in [0.3, 0.4) is 0 Å². The summed E-state index contributed by atoms with van der Waals surface area (Å²) in [4.78, 5) is 39.2. The fourth-order valence-electron chi connectivity index (χ4n) is 4.20. The first-order chi connectivity index (χ1) is 13.9. The van der Waals surface area contributed by atoms with Crippen LogP contribution in [-0.4, -0.2) is 22.6 Å². The Bertz CT molecular complexity index is 1100. The molecule has 2 aliphatic rings. The average Bonchev–Trinajstić information content (AvgIpc) is 3.03. The van der Waals surface area contributed by atoms with Gasteiger partial charge >= 0.3 is 0 Å². The molecular formula is C24H25NO5. The summed E-state index contributed by atoms with van der Waals surface area (Å²) >= 11 is 0. The van der Waals surface area contributed by atoms with E-state index in [0.29, 0.717) is 11.3 Å². The minimum Gasteiger partial charge on any atom is -0.454 e. The number of amides is 1. The summed E-state index contributed by atoms with van der Waals surface area (Å²) in [5, 5.41) is 14.3. The molecule has 2 aromatic rings. The molecule has 1 aliphatic heterocycles. The van der Waals surface area contributed by atoms with E-state index in [2.05, 4.69) is 5.32 Å². The van der Waals surface area contributed by atoms with Crippen LogP contribution in [0.15, 0.2) is 42.5 Å². The maximum absolute atomic E-state index is 13.6. The number of fused-ring (bicyclic) bond motifs is 5. The summed E-state index contributed by atoms with van der Waals surface area (Å²) in [7, 11) is 0. The maximum Gasteiger partial charge on any atom is 0.289 e. The van der Waals surface area contributed by atoms with Crippen LogP contribution in [0.4, 0.5) is 0 Å². The highest BCUT2D eigenvalue weighted by Crippen LogP contribution is 2.58. The van der Waals surface area contributed by atoms with Crippen molar-refractivity contribution < 1.29 is 24.2 Å². The highest BCUT2D eigenvalue weighted by Gasteiger charge is 2.71. The van der Waals surface area contributed by atoms with E-state index >= 15 is 0 Å². The topological polar surface area (TPSA) is 92.7 Å². The molecule has 30 heavy (non-hydrogen) atoms. The van der Waals surface area contributed by atoms with Gasteiger partial charge in [0.15, 0.2) is 0 Å². The van der Waals surface area contributed by atoms with Crippen molar-refractivity contribution in [1.29, 1.82) is 0 Å². The van der Waals surface area contributed by atoms with E-state index in [9.17, 15) is 19.5 Å². The Morgan fingerprint density at radius 3 is 2.37 bits per heavy atom. The van der Waals surface area contributed by atoms with Crippen LogP contribution in [-0.2, 0) is 20.9 Å². The summed E-state index contributed by atoms with van der Waals surface area (Å²) in [6.45, 7) is 8.91. The molecule has 0 radical (unpaired) electrons. The SMILES string of the molecule is CC(C)c1ccc2c(c1)OC1(O)c3ccccc3C(=O)C21NC(=O)C(=O)C(C)(C)C. The second-order valence-electron chi connectivity index (χ2n) is 9.31. The fourth-order valence-corrected chi connectivity index (χ4v) is 4.20. The van der Waals surface area contributed by atoms with Gasteiger partial charge in [0, 0.05) is 22.1 Å². The standard InChI is InChI=1S/C24H25NO5/c1-13(2)14-10-11-17-18(12-14)30-24(29)16-9-7-6-8-15(16)19(26)23(17,24)25-21(28)20(27)22(3,4)5/h6-13,29H,1-5H3,(H,25,28). The molecule has 0 aromatic heterocycles. The second kappa shape index (κ2) is 6.25. The average molecular weight is 407 g/mol. The molecular weight excluding hydrogens is 382 g/mol. The molecule has 1 amide bonds. The Kier molecular flexibility index (Phi) is 4.23. The van der Waals surface area contributed by atoms with Gasteiger partial charge in [0.25, 0.3) is 11.7 Å². The normalized spacial score (nSPS) is 24.2. The Labute approximate surface area is 175 Å². The second-order valence-corrected chi connectivity index (χ2v) is 9.31. The van der Waals surface area contributed by atoms with Gasteiger partial charge in [-0.15, -0.1) is 0 Å². The third-order valence-corrected chi connectivity index (χ3v) is 5.91. The third-order valence-electron chi connectivity index (χ3n) is 5.91. The van der Waals surface area contributed by atoms with Crippen molar-refractivity contribution in [2.24, 2.45) is 5.41 Å². The van der Waals surface area contributed by atoms with E-state index in [-0.39, 0.29) is 17.0 Å². The summed E-state index contributed by atoms with van der Waals surface area (Å²) in [5.41, 5.74) is -1.06. The number of carbonyl (C=O) groups is 3. The Morgan fingerprint density at radius 1 is 1.07 bits per heavy atom. The predicted molar refractivity (Wildman–Crippen MR) is 110 cm³/mol. The predicted octanol–water partition coefficient (Wildman–Crippen LogP) is 3.17. The highest BCUT2D eigenvalue weighted by molar-refractivity contribution is 6.38. The zero-order chi connectivity index (χ0) is 22.1. The largest absolute Gasteiger partial charge is 0.454 e. The number of rotatable bonds is 3. The number of Topliss-reactive ketones (excluding diaryl/α,β-unsaturated/α-hetero) is 2. The van der Waals surface area contributed by atoms with Gasteiger partial charge < -0.3 is 15.2 Å². The van der Waals surface area contributed by atoms with Crippen LogP contribution < -0.4 is 10.1 Å². The molecule has 6 nitrogen and oxygen atoms in total. The van der Waals surface area contributed by atoms with E-state index in [1.54, 1.807) is 57.2 Å². The molecule has 0 saturated carbocycles. The van der Waals surface area contributed by atoms with Crippen LogP contribution in [0.25, 0.3) is 0 Å². The van der Waals surface area contributed by atoms with Gasteiger partial charge in [-0.05, 0) is 17.5 Å². The summed E-state index contributed by atoms with van der Waals surface area (Å²) in [5.74, 6) is -3.76. The van der Waals surface area contributed by atoms with Crippen molar-refractivity contribution in [2.75, 3.05) is 0 Å². The van der Waals surface area contributed by atoms with Gasteiger partial charge in [0.05, 0.1) is 0 Å². The summed E-state index contributed by atoms with van der Waals surface area (Å²) < 4.78 is 5.98. The number of hydrogen-bond acceptors (Lipinski definition) is 5. The van der Waals surface area contributed by atoms with Crippen LogP contribution in [0, 0.1) is 5.41 Å². The quantitative estimate of drug-likeness (QED) is 0.763. The third kappa shape index (κ3) is 2.50. The molecule has 1 aliphatic carbocycles. The number of benzene rings is 2. The first kappa shape index (κ1) is 20.3. The maximum atomic E-state index is 13.6. The molecule has 1 heterocycles. The van der Waals surface area contributed by atoms with Gasteiger partial charge in [-0.25, -0.2) is 0 Å².